The molecule has 4 rings (SSSR count). The molecule has 8 heteroatoms. The standard InChI is InChI=1S/C22H34N6O2/c1-15-11-26(12-16(2)30-15)13-19-7-9-27(10-8-19)21(29)6-5-20-17(3)25-22-23-14-24-28(22)18(20)4/h14-16,19H,5-13H2,1-4H3. The minimum absolute atomic E-state index is 0.250. The second-order valence-corrected chi connectivity index (χ2v) is 9.03. The number of aryl methyl sites for hydroxylation is 2. The molecule has 0 radical (unpaired) electrons. The number of hydrogen-bond donors (Lipinski definition) is 0. The molecule has 2 aliphatic heterocycles. The highest BCUT2D eigenvalue weighted by atomic mass is 16.5. The summed E-state index contributed by atoms with van der Waals surface area (Å²) >= 11 is 0. The summed E-state index contributed by atoms with van der Waals surface area (Å²) in [5.41, 5.74) is 3.07. The zero-order chi connectivity index (χ0) is 21.3. The Bertz CT molecular complexity index is 879. The van der Waals surface area contributed by atoms with E-state index in [2.05, 4.69) is 33.8 Å². The van der Waals surface area contributed by atoms with Crippen molar-refractivity contribution in [3.05, 3.63) is 23.3 Å². The van der Waals surface area contributed by atoms with Gasteiger partial charge in [0.2, 0.25) is 5.91 Å². The Kier molecular flexibility index (Phi) is 6.34. The number of rotatable bonds is 5. The molecular weight excluding hydrogens is 380 g/mol. The number of nitrogens with zero attached hydrogens (tertiary/aromatic N) is 6. The van der Waals surface area contributed by atoms with E-state index in [0.717, 1.165) is 62.5 Å². The van der Waals surface area contributed by atoms with Crippen molar-refractivity contribution in [1.82, 2.24) is 29.4 Å². The minimum Gasteiger partial charge on any atom is -0.373 e. The van der Waals surface area contributed by atoms with Crippen molar-refractivity contribution >= 4 is 11.7 Å². The molecule has 2 saturated heterocycles. The summed E-state index contributed by atoms with van der Waals surface area (Å²) in [5.74, 6) is 1.54. The first-order chi connectivity index (χ1) is 14.4. The molecule has 2 aromatic heterocycles. The third kappa shape index (κ3) is 4.64. The summed E-state index contributed by atoms with van der Waals surface area (Å²) < 4.78 is 7.60. The Morgan fingerprint density at radius 1 is 1.17 bits per heavy atom. The second-order valence-electron chi connectivity index (χ2n) is 9.03. The van der Waals surface area contributed by atoms with Crippen LogP contribution in [0.15, 0.2) is 6.33 Å². The van der Waals surface area contributed by atoms with Gasteiger partial charge in [-0.25, -0.2) is 9.50 Å². The summed E-state index contributed by atoms with van der Waals surface area (Å²) in [6.07, 6.45) is 5.55. The molecular formula is C22H34N6O2. The lowest BCUT2D eigenvalue weighted by molar-refractivity contribution is -0.132. The van der Waals surface area contributed by atoms with Crippen molar-refractivity contribution in [3.63, 3.8) is 0 Å². The predicted molar refractivity (Wildman–Crippen MR) is 114 cm³/mol. The Labute approximate surface area is 178 Å². The zero-order valence-electron chi connectivity index (χ0n) is 18.7. The van der Waals surface area contributed by atoms with E-state index in [1.165, 1.54) is 6.33 Å². The van der Waals surface area contributed by atoms with Gasteiger partial charge < -0.3 is 9.64 Å². The smallest absolute Gasteiger partial charge is 0.252 e. The maximum Gasteiger partial charge on any atom is 0.252 e. The van der Waals surface area contributed by atoms with Gasteiger partial charge in [0.1, 0.15) is 6.33 Å². The van der Waals surface area contributed by atoms with Gasteiger partial charge in [0.25, 0.3) is 5.78 Å². The van der Waals surface area contributed by atoms with Gasteiger partial charge >= 0.3 is 0 Å². The van der Waals surface area contributed by atoms with Crippen LogP contribution in [0.25, 0.3) is 5.78 Å². The molecule has 2 aliphatic rings. The predicted octanol–water partition coefficient (Wildman–Crippen LogP) is 2.02. The first kappa shape index (κ1) is 21.2. The van der Waals surface area contributed by atoms with Crippen LogP contribution in [0.2, 0.25) is 0 Å². The summed E-state index contributed by atoms with van der Waals surface area (Å²) in [5, 5.41) is 4.24. The Hall–Kier alpha value is -2.06. The molecule has 0 spiro atoms. The summed E-state index contributed by atoms with van der Waals surface area (Å²) in [4.78, 5) is 26.1. The largest absolute Gasteiger partial charge is 0.373 e. The van der Waals surface area contributed by atoms with Crippen LogP contribution in [0.4, 0.5) is 0 Å². The molecule has 0 aromatic carbocycles. The van der Waals surface area contributed by atoms with Crippen molar-refractivity contribution in [3.8, 4) is 0 Å². The SMILES string of the molecule is Cc1nc2ncnn2c(C)c1CCC(=O)N1CCC(CN2CC(C)OC(C)C2)CC1. The quantitative estimate of drug-likeness (QED) is 0.745. The molecule has 0 aliphatic carbocycles. The second kappa shape index (κ2) is 8.98. The number of carbonyl (C=O) groups is 1. The molecule has 0 N–H and O–H groups in total. The highest BCUT2D eigenvalue weighted by Gasteiger charge is 2.28. The van der Waals surface area contributed by atoms with Crippen molar-refractivity contribution in [1.29, 1.82) is 0 Å². The number of hydrogen-bond acceptors (Lipinski definition) is 6. The summed E-state index contributed by atoms with van der Waals surface area (Å²) in [6, 6.07) is 0. The van der Waals surface area contributed by atoms with Crippen LogP contribution >= 0.6 is 0 Å². The highest BCUT2D eigenvalue weighted by molar-refractivity contribution is 5.76. The number of piperidine rings is 1. The van der Waals surface area contributed by atoms with E-state index in [0.29, 0.717) is 36.7 Å². The van der Waals surface area contributed by atoms with E-state index in [9.17, 15) is 4.79 Å². The maximum atomic E-state index is 12.8. The number of aromatic nitrogens is 4. The topological polar surface area (TPSA) is 75.9 Å². The highest BCUT2D eigenvalue weighted by Crippen LogP contribution is 2.22. The number of carbonyl (C=O) groups excluding carboxylic acids is 1. The van der Waals surface area contributed by atoms with Gasteiger partial charge in [-0.3, -0.25) is 9.69 Å². The normalized spacial score (nSPS) is 23.9. The molecule has 2 aromatic rings. The van der Waals surface area contributed by atoms with Gasteiger partial charge in [-0.1, -0.05) is 0 Å². The van der Waals surface area contributed by atoms with E-state index in [-0.39, 0.29) is 5.91 Å². The molecule has 0 bridgehead atoms. The van der Waals surface area contributed by atoms with Gasteiger partial charge in [-0.2, -0.15) is 10.1 Å². The maximum absolute atomic E-state index is 12.8. The molecule has 30 heavy (non-hydrogen) atoms. The Morgan fingerprint density at radius 3 is 2.57 bits per heavy atom. The van der Waals surface area contributed by atoms with Crippen molar-refractivity contribution in [2.24, 2.45) is 5.92 Å². The summed E-state index contributed by atoms with van der Waals surface area (Å²) in [6.45, 7) is 13.2. The number of ether oxygens (including phenoxy) is 1. The molecule has 2 atom stereocenters. The lowest BCUT2D eigenvalue weighted by Crippen LogP contribution is -2.48. The van der Waals surface area contributed by atoms with Crippen LogP contribution in [0.5, 0.6) is 0 Å². The van der Waals surface area contributed by atoms with Crippen LogP contribution in [-0.2, 0) is 16.0 Å². The van der Waals surface area contributed by atoms with Crippen LogP contribution in [0, 0.1) is 19.8 Å². The number of amides is 1. The van der Waals surface area contributed by atoms with E-state index in [4.69, 9.17) is 4.74 Å². The third-order valence-electron chi connectivity index (χ3n) is 6.56. The van der Waals surface area contributed by atoms with Gasteiger partial charge in [-0.15, -0.1) is 0 Å². The average Bonchev–Trinajstić information content (AvgIpc) is 3.16. The molecule has 1 amide bonds. The van der Waals surface area contributed by atoms with Crippen molar-refractivity contribution in [2.75, 3.05) is 32.7 Å². The zero-order valence-corrected chi connectivity index (χ0v) is 18.7. The fraction of sp³-hybridized carbons (Fsp3) is 0.727. The first-order valence-corrected chi connectivity index (χ1v) is 11.2. The number of likely N-dealkylation sites (tertiary alicyclic amines) is 1. The molecule has 4 heterocycles. The van der Waals surface area contributed by atoms with Gasteiger partial charge in [0, 0.05) is 50.5 Å². The molecule has 2 unspecified atom stereocenters. The van der Waals surface area contributed by atoms with Crippen molar-refractivity contribution < 1.29 is 9.53 Å². The monoisotopic (exact) mass is 414 g/mol. The van der Waals surface area contributed by atoms with E-state index >= 15 is 0 Å². The van der Waals surface area contributed by atoms with E-state index in [1.54, 1.807) is 4.52 Å². The van der Waals surface area contributed by atoms with Gasteiger partial charge in [-0.05, 0) is 58.4 Å². The van der Waals surface area contributed by atoms with Crippen molar-refractivity contribution in [2.45, 2.75) is 65.6 Å². The minimum atomic E-state index is 0.250. The number of fused-ring (bicyclic) bond motifs is 1. The first-order valence-electron chi connectivity index (χ1n) is 11.2. The molecule has 164 valence electrons. The lowest BCUT2D eigenvalue weighted by atomic mass is 9.95. The average molecular weight is 415 g/mol. The van der Waals surface area contributed by atoms with Gasteiger partial charge in [0.05, 0.1) is 12.2 Å². The van der Waals surface area contributed by atoms with Crippen LogP contribution < -0.4 is 0 Å². The molecule has 0 saturated carbocycles. The Morgan fingerprint density at radius 2 is 1.87 bits per heavy atom. The number of morpholine rings is 1. The Balaban J connectivity index is 1.27. The van der Waals surface area contributed by atoms with Crippen LogP contribution in [0.3, 0.4) is 0 Å². The van der Waals surface area contributed by atoms with Crippen LogP contribution in [0.1, 0.15) is 50.1 Å². The fourth-order valence-electron chi connectivity index (χ4n) is 5.07. The lowest BCUT2D eigenvalue weighted by Gasteiger charge is -2.39. The third-order valence-corrected chi connectivity index (χ3v) is 6.56. The van der Waals surface area contributed by atoms with E-state index in [1.807, 2.05) is 18.7 Å². The molecule has 2 fully saturated rings. The van der Waals surface area contributed by atoms with Crippen LogP contribution in [-0.4, -0.2) is 80.2 Å². The van der Waals surface area contributed by atoms with Gasteiger partial charge in [0.15, 0.2) is 0 Å². The fourth-order valence-corrected chi connectivity index (χ4v) is 5.07. The molecule has 8 nitrogen and oxygen atoms in total. The summed E-state index contributed by atoms with van der Waals surface area (Å²) in [7, 11) is 0. The van der Waals surface area contributed by atoms with E-state index < -0.39 is 0 Å².